The van der Waals surface area contributed by atoms with Crippen LogP contribution in [-0.4, -0.2) is 38.7 Å². The molecule has 0 aromatic carbocycles. The molecule has 0 saturated heterocycles. The minimum Gasteiger partial charge on any atom is -0.350 e. The van der Waals surface area contributed by atoms with Crippen molar-refractivity contribution in [1.29, 1.82) is 0 Å². The second-order valence-corrected chi connectivity index (χ2v) is 10.2. The minimum atomic E-state index is -0.356. The number of fused-ring (bicyclic) bond motifs is 1. The van der Waals surface area contributed by atoms with E-state index in [4.69, 9.17) is 4.98 Å². The number of hydrogen-bond acceptors (Lipinski definition) is 5. The van der Waals surface area contributed by atoms with Gasteiger partial charge in [-0.2, -0.15) is 5.10 Å². The number of pyridine rings is 1. The number of nitrogens with one attached hydrogen (secondary N) is 2. The van der Waals surface area contributed by atoms with E-state index in [2.05, 4.69) is 35.6 Å². The number of nitrogens with zero attached hydrogens (tertiary/aromatic N) is 3. The Morgan fingerprint density at radius 2 is 1.90 bits per heavy atom. The zero-order valence-electron chi connectivity index (χ0n) is 18.6. The molecule has 0 atom stereocenters. The summed E-state index contributed by atoms with van der Waals surface area (Å²) in [5.74, 6) is -0.552. The molecular weight excluding hydrogens is 398 g/mol. The third kappa shape index (κ3) is 4.70. The Kier molecular flexibility index (Phi) is 5.99. The second-order valence-electron chi connectivity index (χ2n) is 8.78. The summed E-state index contributed by atoms with van der Waals surface area (Å²) in [6.07, 6.45) is 1.67. The van der Waals surface area contributed by atoms with Crippen LogP contribution in [0.3, 0.4) is 0 Å². The fourth-order valence-corrected chi connectivity index (χ4v) is 4.26. The van der Waals surface area contributed by atoms with E-state index in [0.717, 1.165) is 16.1 Å². The lowest BCUT2D eigenvalue weighted by Gasteiger charge is -2.20. The molecule has 2 N–H and O–H groups in total. The summed E-state index contributed by atoms with van der Waals surface area (Å²) in [6.45, 7) is 13.8. The molecule has 3 aromatic rings. The number of rotatable bonds is 5. The molecular formula is C22H29N5O2S. The van der Waals surface area contributed by atoms with Gasteiger partial charge in [-0.15, -0.1) is 11.3 Å². The average molecular weight is 428 g/mol. The van der Waals surface area contributed by atoms with Gasteiger partial charge in [0.25, 0.3) is 5.91 Å². The highest BCUT2D eigenvalue weighted by Gasteiger charge is 2.21. The van der Waals surface area contributed by atoms with Crippen LogP contribution in [0.2, 0.25) is 0 Å². The number of carbonyl (C=O) groups is 2. The summed E-state index contributed by atoms with van der Waals surface area (Å²) in [6, 6.07) is 3.98. The molecule has 0 aliphatic carbocycles. The first-order valence-electron chi connectivity index (χ1n) is 10.0. The predicted molar refractivity (Wildman–Crippen MR) is 121 cm³/mol. The third-order valence-electron chi connectivity index (χ3n) is 4.54. The number of aryl methyl sites for hydroxylation is 2. The van der Waals surface area contributed by atoms with Crippen LogP contribution >= 0.6 is 11.3 Å². The minimum absolute atomic E-state index is 0.0931. The Labute approximate surface area is 180 Å². The maximum Gasteiger partial charge on any atom is 0.252 e. The van der Waals surface area contributed by atoms with Gasteiger partial charge in [0.15, 0.2) is 5.65 Å². The topological polar surface area (TPSA) is 88.9 Å². The van der Waals surface area contributed by atoms with Gasteiger partial charge in [-0.3, -0.25) is 9.59 Å². The van der Waals surface area contributed by atoms with Gasteiger partial charge in [-0.25, -0.2) is 9.67 Å². The SMILES string of the molecule is Cc1cc(-c2cc(C(=O)NCC(=O)NC(C)(C)C)c3cnn(C(C)C)c3n2)c(C)s1. The van der Waals surface area contributed by atoms with Crippen LogP contribution in [0.4, 0.5) is 0 Å². The van der Waals surface area contributed by atoms with Crippen molar-refractivity contribution in [3.8, 4) is 11.3 Å². The molecule has 7 nitrogen and oxygen atoms in total. The van der Waals surface area contributed by atoms with Crippen molar-refractivity contribution in [2.24, 2.45) is 0 Å². The lowest BCUT2D eigenvalue weighted by molar-refractivity contribution is -0.121. The van der Waals surface area contributed by atoms with Crippen LogP contribution in [-0.2, 0) is 4.79 Å². The number of aromatic nitrogens is 3. The highest BCUT2D eigenvalue weighted by atomic mass is 32.1. The molecule has 0 bridgehead atoms. The van der Waals surface area contributed by atoms with Crippen molar-refractivity contribution in [1.82, 2.24) is 25.4 Å². The Morgan fingerprint density at radius 1 is 1.20 bits per heavy atom. The summed E-state index contributed by atoms with van der Waals surface area (Å²) >= 11 is 1.70. The van der Waals surface area contributed by atoms with Crippen molar-refractivity contribution in [3.63, 3.8) is 0 Å². The van der Waals surface area contributed by atoms with E-state index in [0.29, 0.717) is 16.6 Å². The van der Waals surface area contributed by atoms with E-state index in [1.807, 2.05) is 39.3 Å². The van der Waals surface area contributed by atoms with Gasteiger partial charge in [0.2, 0.25) is 5.91 Å². The molecule has 3 heterocycles. The van der Waals surface area contributed by atoms with Gasteiger partial charge in [0.05, 0.1) is 29.4 Å². The molecule has 0 aliphatic heterocycles. The first kappa shape index (κ1) is 22.0. The molecule has 30 heavy (non-hydrogen) atoms. The lowest BCUT2D eigenvalue weighted by atomic mass is 10.1. The van der Waals surface area contributed by atoms with Crippen molar-refractivity contribution < 1.29 is 9.59 Å². The van der Waals surface area contributed by atoms with E-state index < -0.39 is 0 Å². The normalized spacial score (nSPS) is 11.9. The van der Waals surface area contributed by atoms with Gasteiger partial charge < -0.3 is 10.6 Å². The molecule has 3 aromatic heterocycles. The molecule has 0 fully saturated rings. The smallest absolute Gasteiger partial charge is 0.252 e. The molecule has 0 unspecified atom stereocenters. The number of hydrogen-bond donors (Lipinski definition) is 2. The van der Waals surface area contributed by atoms with Gasteiger partial charge in [0.1, 0.15) is 0 Å². The summed E-state index contributed by atoms with van der Waals surface area (Å²) in [5.41, 5.74) is 2.52. The molecule has 0 spiro atoms. The number of amides is 2. The fraction of sp³-hybridized carbons (Fsp3) is 0.455. The van der Waals surface area contributed by atoms with Crippen LogP contribution in [0.1, 0.15) is 60.8 Å². The summed E-state index contributed by atoms with van der Waals surface area (Å²) in [7, 11) is 0. The second kappa shape index (κ2) is 8.18. The first-order chi connectivity index (χ1) is 14.0. The first-order valence-corrected chi connectivity index (χ1v) is 10.8. The highest BCUT2D eigenvalue weighted by Crippen LogP contribution is 2.32. The zero-order chi connectivity index (χ0) is 22.2. The van der Waals surface area contributed by atoms with Crippen LogP contribution in [0, 0.1) is 13.8 Å². The summed E-state index contributed by atoms with van der Waals surface area (Å²) in [5, 5.41) is 10.7. The highest BCUT2D eigenvalue weighted by molar-refractivity contribution is 7.12. The van der Waals surface area contributed by atoms with Gasteiger partial charge in [-0.05, 0) is 60.6 Å². The molecule has 8 heteroatoms. The largest absolute Gasteiger partial charge is 0.350 e. The number of carbonyl (C=O) groups excluding carboxylic acids is 2. The monoisotopic (exact) mass is 427 g/mol. The maximum absolute atomic E-state index is 13.0. The van der Waals surface area contributed by atoms with Gasteiger partial charge >= 0.3 is 0 Å². The molecule has 2 amide bonds. The van der Waals surface area contributed by atoms with Crippen molar-refractivity contribution >= 4 is 34.2 Å². The standard InChI is InChI=1S/C22H29N5O2S/c1-12(2)27-20-17(10-24-27)16(21(29)23-11-19(28)26-22(5,6)7)9-18(25-20)15-8-13(3)30-14(15)4/h8-10,12H,11H2,1-7H3,(H,23,29)(H,26,28). The average Bonchev–Trinajstić information content (AvgIpc) is 3.20. The van der Waals surface area contributed by atoms with E-state index in [9.17, 15) is 9.59 Å². The predicted octanol–water partition coefficient (Wildman–Crippen LogP) is 4.00. The Bertz CT molecular complexity index is 1100. The number of thiophene rings is 1. The Hall–Kier alpha value is -2.74. The fourth-order valence-electron chi connectivity index (χ4n) is 3.33. The van der Waals surface area contributed by atoms with E-state index in [-0.39, 0.29) is 29.9 Å². The van der Waals surface area contributed by atoms with E-state index >= 15 is 0 Å². The van der Waals surface area contributed by atoms with E-state index in [1.54, 1.807) is 23.6 Å². The van der Waals surface area contributed by atoms with Crippen LogP contribution in [0.25, 0.3) is 22.3 Å². The van der Waals surface area contributed by atoms with Crippen molar-refractivity contribution in [3.05, 3.63) is 33.6 Å². The van der Waals surface area contributed by atoms with Crippen LogP contribution < -0.4 is 10.6 Å². The summed E-state index contributed by atoms with van der Waals surface area (Å²) < 4.78 is 1.82. The Balaban J connectivity index is 2.01. The summed E-state index contributed by atoms with van der Waals surface area (Å²) in [4.78, 5) is 32.3. The van der Waals surface area contributed by atoms with E-state index in [1.165, 1.54) is 4.88 Å². The van der Waals surface area contributed by atoms with Crippen molar-refractivity contribution in [2.75, 3.05) is 6.54 Å². The molecule has 3 rings (SSSR count). The molecule has 0 radical (unpaired) electrons. The van der Waals surface area contributed by atoms with Crippen molar-refractivity contribution in [2.45, 2.75) is 60.0 Å². The lowest BCUT2D eigenvalue weighted by Crippen LogP contribution is -2.45. The van der Waals surface area contributed by atoms with Crippen LogP contribution in [0.15, 0.2) is 18.3 Å². The maximum atomic E-state index is 13.0. The molecule has 160 valence electrons. The van der Waals surface area contributed by atoms with Crippen LogP contribution in [0.5, 0.6) is 0 Å². The molecule has 0 saturated carbocycles. The third-order valence-corrected chi connectivity index (χ3v) is 5.51. The van der Waals surface area contributed by atoms with Gasteiger partial charge in [-0.1, -0.05) is 0 Å². The molecule has 0 aliphatic rings. The Morgan fingerprint density at radius 3 is 2.47 bits per heavy atom. The quantitative estimate of drug-likeness (QED) is 0.644. The van der Waals surface area contributed by atoms with Gasteiger partial charge in [0, 0.05) is 26.9 Å². The zero-order valence-corrected chi connectivity index (χ0v) is 19.4.